The van der Waals surface area contributed by atoms with Crippen LogP contribution < -0.4 is 5.32 Å². The van der Waals surface area contributed by atoms with E-state index in [9.17, 15) is 4.39 Å². The molecule has 0 amide bonds. The minimum atomic E-state index is -0.766. The molecule has 1 aromatic rings. The van der Waals surface area contributed by atoms with Crippen molar-refractivity contribution in [2.24, 2.45) is 0 Å². The second kappa shape index (κ2) is 4.97. The molecule has 1 N–H and O–H groups in total. The molecular formula is C11H16FN. The van der Waals surface area contributed by atoms with E-state index in [0.29, 0.717) is 6.42 Å². The summed E-state index contributed by atoms with van der Waals surface area (Å²) in [5, 5.41) is 3.08. The number of hydrogen-bond acceptors (Lipinski definition) is 1. The van der Waals surface area contributed by atoms with Gasteiger partial charge in [0.2, 0.25) is 0 Å². The predicted molar refractivity (Wildman–Crippen MR) is 53.5 cm³/mol. The Morgan fingerprint density at radius 2 is 1.92 bits per heavy atom. The number of alkyl halides is 1. The van der Waals surface area contributed by atoms with Gasteiger partial charge in [-0.05, 0) is 25.1 Å². The zero-order chi connectivity index (χ0) is 9.68. The summed E-state index contributed by atoms with van der Waals surface area (Å²) in [7, 11) is 1.90. The maximum absolute atomic E-state index is 12.8. The van der Waals surface area contributed by atoms with Gasteiger partial charge in [-0.15, -0.1) is 0 Å². The van der Waals surface area contributed by atoms with Gasteiger partial charge in [0.25, 0.3) is 0 Å². The molecule has 0 saturated heterocycles. The second-order valence-electron chi connectivity index (χ2n) is 3.28. The highest BCUT2D eigenvalue weighted by atomic mass is 19.1. The first-order valence-electron chi connectivity index (χ1n) is 4.59. The molecule has 0 radical (unpaired) electrons. The molecule has 0 heterocycles. The van der Waals surface area contributed by atoms with Crippen LogP contribution in [-0.2, 0) is 13.0 Å². The molecule has 0 spiro atoms. The van der Waals surface area contributed by atoms with Gasteiger partial charge in [0, 0.05) is 13.0 Å². The van der Waals surface area contributed by atoms with Crippen molar-refractivity contribution in [3.8, 4) is 0 Å². The number of hydrogen-bond donors (Lipinski definition) is 1. The van der Waals surface area contributed by atoms with E-state index in [1.54, 1.807) is 6.92 Å². The van der Waals surface area contributed by atoms with E-state index in [2.05, 4.69) is 5.32 Å². The Morgan fingerprint density at radius 3 is 2.46 bits per heavy atom. The van der Waals surface area contributed by atoms with E-state index in [0.717, 1.165) is 12.1 Å². The van der Waals surface area contributed by atoms with E-state index < -0.39 is 6.17 Å². The van der Waals surface area contributed by atoms with Gasteiger partial charge in [-0.1, -0.05) is 24.3 Å². The molecule has 0 aliphatic carbocycles. The summed E-state index contributed by atoms with van der Waals surface area (Å²) < 4.78 is 12.8. The lowest BCUT2D eigenvalue weighted by atomic mass is 10.0. The van der Waals surface area contributed by atoms with E-state index in [1.165, 1.54) is 5.56 Å². The summed E-state index contributed by atoms with van der Waals surface area (Å²) in [5.41, 5.74) is 2.29. The van der Waals surface area contributed by atoms with Crippen molar-refractivity contribution in [2.45, 2.75) is 26.1 Å². The molecule has 2 heteroatoms. The number of nitrogens with one attached hydrogen (secondary N) is 1. The standard InChI is InChI=1S/C11H16FN/c1-9(12)7-10-5-3-4-6-11(10)8-13-2/h3-6,9,13H,7-8H2,1-2H3. The molecule has 0 aliphatic rings. The fraction of sp³-hybridized carbons (Fsp3) is 0.455. The SMILES string of the molecule is CNCc1ccccc1CC(C)F. The van der Waals surface area contributed by atoms with Gasteiger partial charge in [0.1, 0.15) is 6.17 Å². The van der Waals surface area contributed by atoms with Crippen LogP contribution in [0.15, 0.2) is 24.3 Å². The Kier molecular flexibility index (Phi) is 3.90. The Bertz CT molecular complexity index is 258. The smallest absolute Gasteiger partial charge is 0.101 e. The van der Waals surface area contributed by atoms with Gasteiger partial charge in [-0.25, -0.2) is 4.39 Å². The molecule has 1 aromatic carbocycles. The monoisotopic (exact) mass is 181 g/mol. The van der Waals surface area contributed by atoms with Crippen LogP contribution in [0, 0.1) is 0 Å². The third kappa shape index (κ3) is 3.15. The Balaban J connectivity index is 2.78. The van der Waals surface area contributed by atoms with Crippen molar-refractivity contribution in [3.05, 3.63) is 35.4 Å². The summed E-state index contributed by atoms with van der Waals surface area (Å²) in [6.07, 6.45) is -0.254. The summed E-state index contributed by atoms with van der Waals surface area (Å²) in [5.74, 6) is 0. The number of benzene rings is 1. The molecule has 0 saturated carbocycles. The minimum absolute atomic E-state index is 0.512. The topological polar surface area (TPSA) is 12.0 Å². The molecule has 0 bridgehead atoms. The molecule has 0 aromatic heterocycles. The number of rotatable bonds is 4. The van der Waals surface area contributed by atoms with Crippen molar-refractivity contribution in [3.63, 3.8) is 0 Å². The first-order valence-corrected chi connectivity index (χ1v) is 4.59. The lowest BCUT2D eigenvalue weighted by molar-refractivity contribution is 0.359. The predicted octanol–water partition coefficient (Wildman–Crippen LogP) is 2.31. The van der Waals surface area contributed by atoms with Gasteiger partial charge < -0.3 is 5.32 Å². The van der Waals surface area contributed by atoms with Crippen molar-refractivity contribution >= 4 is 0 Å². The van der Waals surface area contributed by atoms with Crippen LogP contribution in [0.5, 0.6) is 0 Å². The van der Waals surface area contributed by atoms with E-state index in [-0.39, 0.29) is 0 Å². The highest BCUT2D eigenvalue weighted by Gasteiger charge is 2.04. The molecule has 0 aliphatic heterocycles. The summed E-state index contributed by atoms with van der Waals surface area (Å²) in [6.45, 7) is 2.40. The summed E-state index contributed by atoms with van der Waals surface area (Å²) >= 11 is 0. The van der Waals surface area contributed by atoms with Gasteiger partial charge in [0.15, 0.2) is 0 Å². The van der Waals surface area contributed by atoms with Gasteiger partial charge in [-0.3, -0.25) is 0 Å². The molecular weight excluding hydrogens is 165 g/mol. The molecule has 1 nitrogen and oxygen atoms in total. The first kappa shape index (κ1) is 10.2. The summed E-state index contributed by atoms with van der Waals surface area (Å²) in [6, 6.07) is 7.97. The fourth-order valence-electron chi connectivity index (χ4n) is 1.42. The van der Waals surface area contributed by atoms with Gasteiger partial charge >= 0.3 is 0 Å². The Morgan fingerprint density at radius 1 is 1.31 bits per heavy atom. The molecule has 1 rings (SSSR count). The normalized spacial score (nSPS) is 12.8. The molecule has 1 atom stereocenters. The molecule has 0 fully saturated rings. The highest BCUT2D eigenvalue weighted by molar-refractivity contribution is 5.27. The van der Waals surface area contributed by atoms with Gasteiger partial charge in [-0.2, -0.15) is 0 Å². The average molecular weight is 181 g/mol. The zero-order valence-corrected chi connectivity index (χ0v) is 8.18. The third-order valence-electron chi connectivity index (χ3n) is 1.99. The summed E-state index contributed by atoms with van der Waals surface area (Å²) in [4.78, 5) is 0. The molecule has 72 valence electrons. The lowest BCUT2D eigenvalue weighted by Gasteiger charge is -2.09. The fourth-order valence-corrected chi connectivity index (χ4v) is 1.42. The maximum atomic E-state index is 12.8. The molecule has 13 heavy (non-hydrogen) atoms. The van der Waals surface area contributed by atoms with Crippen molar-refractivity contribution in [2.75, 3.05) is 7.05 Å². The van der Waals surface area contributed by atoms with Crippen molar-refractivity contribution < 1.29 is 4.39 Å². The van der Waals surface area contributed by atoms with Crippen LogP contribution in [0.4, 0.5) is 4.39 Å². The maximum Gasteiger partial charge on any atom is 0.101 e. The third-order valence-corrected chi connectivity index (χ3v) is 1.99. The zero-order valence-electron chi connectivity index (χ0n) is 8.18. The van der Waals surface area contributed by atoms with E-state index in [1.807, 2.05) is 31.3 Å². The van der Waals surface area contributed by atoms with Crippen molar-refractivity contribution in [1.82, 2.24) is 5.32 Å². The quantitative estimate of drug-likeness (QED) is 0.751. The van der Waals surface area contributed by atoms with Crippen molar-refractivity contribution in [1.29, 1.82) is 0 Å². The molecule has 1 unspecified atom stereocenters. The van der Waals surface area contributed by atoms with E-state index >= 15 is 0 Å². The van der Waals surface area contributed by atoms with Crippen LogP contribution >= 0.6 is 0 Å². The Hall–Kier alpha value is -0.890. The van der Waals surface area contributed by atoms with Gasteiger partial charge in [0.05, 0.1) is 0 Å². The lowest BCUT2D eigenvalue weighted by Crippen LogP contribution is -2.09. The van der Waals surface area contributed by atoms with Crippen LogP contribution in [0.25, 0.3) is 0 Å². The van der Waals surface area contributed by atoms with E-state index in [4.69, 9.17) is 0 Å². The van der Waals surface area contributed by atoms with Crippen LogP contribution in [0.2, 0.25) is 0 Å². The van der Waals surface area contributed by atoms with Crippen LogP contribution in [0.1, 0.15) is 18.1 Å². The first-order chi connectivity index (χ1) is 6.24. The second-order valence-corrected chi connectivity index (χ2v) is 3.28. The average Bonchev–Trinajstić information content (AvgIpc) is 2.08. The van der Waals surface area contributed by atoms with Crippen LogP contribution in [-0.4, -0.2) is 13.2 Å². The minimum Gasteiger partial charge on any atom is -0.316 e. The van der Waals surface area contributed by atoms with Crippen LogP contribution in [0.3, 0.4) is 0 Å². The Labute approximate surface area is 79.0 Å². The largest absolute Gasteiger partial charge is 0.316 e. The highest BCUT2D eigenvalue weighted by Crippen LogP contribution is 2.12. The number of halogens is 1.